The minimum atomic E-state index is -0.0511. The minimum Gasteiger partial charge on any atom is -0.350 e. The van der Waals surface area contributed by atoms with Crippen molar-refractivity contribution < 1.29 is 4.79 Å². The van der Waals surface area contributed by atoms with Crippen molar-refractivity contribution >= 4 is 16.8 Å². The van der Waals surface area contributed by atoms with Crippen molar-refractivity contribution in [1.29, 1.82) is 0 Å². The van der Waals surface area contributed by atoms with Crippen molar-refractivity contribution in [2.24, 2.45) is 0 Å². The number of rotatable bonds is 5. The van der Waals surface area contributed by atoms with Crippen LogP contribution in [0.4, 0.5) is 0 Å². The van der Waals surface area contributed by atoms with E-state index in [1.54, 1.807) is 12.4 Å². The van der Waals surface area contributed by atoms with Gasteiger partial charge in [-0.2, -0.15) is 0 Å². The largest absolute Gasteiger partial charge is 0.350 e. The molecular weight excluding hydrogens is 298 g/mol. The molecule has 122 valence electrons. The Balaban J connectivity index is 2.06. The van der Waals surface area contributed by atoms with Crippen molar-refractivity contribution in [3.63, 3.8) is 0 Å². The molecule has 0 spiro atoms. The van der Waals surface area contributed by atoms with Crippen LogP contribution in [-0.2, 0) is 0 Å². The molecule has 1 atom stereocenters. The molecule has 0 aliphatic heterocycles. The molecule has 0 aliphatic carbocycles. The van der Waals surface area contributed by atoms with Crippen LogP contribution < -0.4 is 5.32 Å². The van der Waals surface area contributed by atoms with Gasteiger partial charge in [-0.15, -0.1) is 0 Å². The molecule has 3 rings (SSSR count). The first-order valence-electron chi connectivity index (χ1n) is 8.30. The highest BCUT2D eigenvalue weighted by Gasteiger charge is 2.15. The van der Waals surface area contributed by atoms with Crippen LogP contribution in [0.1, 0.15) is 37.0 Å². The van der Waals surface area contributed by atoms with Gasteiger partial charge in [0.2, 0.25) is 0 Å². The molecule has 0 saturated heterocycles. The van der Waals surface area contributed by atoms with Crippen LogP contribution in [0.3, 0.4) is 0 Å². The number of nitrogens with one attached hydrogen (secondary N) is 1. The number of benzene rings is 1. The van der Waals surface area contributed by atoms with Gasteiger partial charge >= 0.3 is 0 Å². The van der Waals surface area contributed by atoms with E-state index < -0.39 is 0 Å². The molecule has 0 fully saturated rings. The van der Waals surface area contributed by atoms with Crippen molar-refractivity contribution in [2.75, 3.05) is 0 Å². The van der Waals surface area contributed by atoms with Gasteiger partial charge in [0.15, 0.2) is 0 Å². The Hall–Kier alpha value is -2.75. The second-order valence-corrected chi connectivity index (χ2v) is 5.97. The fourth-order valence-corrected chi connectivity index (χ4v) is 2.84. The lowest BCUT2D eigenvalue weighted by Gasteiger charge is -2.15. The molecule has 4 nitrogen and oxygen atoms in total. The molecular formula is C20H21N3O. The highest BCUT2D eigenvalue weighted by atomic mass is 16.1. The first-order chi connectivity index (χ1) is 11.7. The van der Waals surface area contributed by atoms with Crippen LogP contribution >= 0.6 is 0 Å². The summed E-state index contributed by atoms with van der Waals surface area (Å²) >= 11 is 0. The molecule has 1 aromatic carbocycles. The molecule has 0 unspecified atom stereocenters. The van der Waals surface area contributed by atoms with Crippen LogP contribution in [0.5, 0.6) is 0 Å². The highest BCUT2D eigenvalue weighted by Crippen LogP contribution is 2.24. The average Bonchev–Trinajstić information content (AvgIpc) is 2.61. The lowest BCUT2D eigenvalue weighted by molar-refractivity contribution is 0.0940. The van der Waals surface area contributed by atoms with Gasteiger partial charge in [0.25, 0.3) is 5.91 Å². The number of carbonyl (C=O) groups excluding carboxylic acids is 1. The second kappa shape index (κ2) is 7.21. The van der Waals surface area contributed by atoms with Gasteiger partial charge in [0, 0.05) is 29.4 Å². The summed E-state index contributed by atoms with van der Waals surface area (Å²) in [4.78, 5) is 21.5. The molecule has 2 aromatic heterocycles. The zero-order valence-electron chi connectivity index (χ0n) is 14.0. The van der Waals surface area contributed by atoms with E-state index in [1.807, 2.05) is 49.4 Å². The number of carbonyl (C=O) groups is 1. The van der Waals surface area contributed by atoms with Crippen LogP contribution in [0, 0.1) is 0 Å². The number of para-hydroxylation sites is 1. The van der Waals surface area contributed by atoms with Gasteiger partial charge in [-0.3, -0.25) is 9.78 Å². The van der Waals surface area contributed by atoms with E-state index in [0.29, 0.717) is 5.56 Å². The SMILES string of the molecule is CCC[C@@H](C)NC(=O)c1cc(-c2ccncc2)nc2ccccc12. The van der Waals surface area contributed by atoms with Gasteiger partial charge in [0.1, 0.15) is 0 Å². The molecule has 0 saturated carbocycles. The number of nitrogens with zero attached hydrogens (tertiary/aromatic N) is 2. The number of pyridine rings is 2. The van der Waals surface area contributed by atoms with Crippen molar-refractivity contribution in [3.05, 3.63) is 60.4 Å². The molecule has 0 aliphatic rings. The third-order valence-electron chi connectivity index (χ3n) is 4.04. The van der Waals surface area contributed by atoms with Gasteiger partial charge < -0.3 is 5.32 Å². The lowest BCUT2D eigenvalue weighted by Crippen LogP contribution is -2.32. The molecule has 1 N–H and O–H groups in total. The highest BCUT2D eigenvalue weighted by molar-refractivity contribution is 6.07. The molecule has 24 heavy (non-hydrogen) atoms. The maximum absolute atomic E-state index is 12.8. The number of aromatic nitrogens is 2. The van der Waals surface area contributed by atoms with E-state index in [-0.39, 0.29) is 11.9 Å². The van der Waals surface area contributed by atoms with Gasteiger partial charge in [-0.05, 0) is 37.6 Å². The van der Waals surface area contributed by atoms with Crippen molar-refractivity contribution in [3.8, 4) is 11.3 Å². The normalized spacial score (nSPS) is 12.1. The Kier molecular flexibility index (Phi) is 4.85. The molecule has 2 heterocycles. The zero-order chi connectivity index (χ0) is 16.9. The van der Waals surface area contributed by atoms with E-state index in [1.165, 1.54) is 0 Å². The third kappa shape index (κ3) is 3.43. The van der Waals surface area contributed by atoms with Crippen molar-refractivity contribution in [2.45, 2.75) is 32.7 Å². The topological polar surface area (TPSA) is 54.9 Å². The molecule has 4 heteroatoms. The zero-order valence-corrected chi connectivity index (χ0v) is 14.0. The summed E-state index contributed by atoms with van der Waals surface area (Å²) in [6, 6.07) is 13.6. The maximum Gasteiger partial charge on any atom is 0.252 e. The fourth-order valence-electron chi connectivity index (χ4n) is 2.84. The number of hydrogen-bond donors (Lipinski definition) is 1. The van der Waals surface area contributed by atoms with E-state index in [2.05, 4.69) is 17.2 Å². The second-order valence-electron chi connectivity index (χ2n) is 5.97. The average molecular weight is 319 g/mol. The summed E-state index contributed by atoms with van der Waals surface area (Å²) < 4.78 is 0. The molecule has 0 radical (unpaired) electrons. The minimum absolute atomic E-state index is 0.0511. The monoisotopic (exact) mass is 319 g/mol. The van der Waals surface area contributed by atoms with Gasteiger partial charge in [-0.1, -0.05) is 31.5 Å². The van der Waals surface area contributed by atoms with E-state index in [0.717, 1.165) is 35.0 Å². The van der Waals surface area contributed by atoms with Gasteiger partial charge in [0.05, 0.1) is 16.8 Å². The smallest absolute Gasteiger partial charge is 0.252 e. The number of hydrogen-bond acceptors (Lipinski definition) is 3. The predicted octanol–water partition coefficient (Wildman–Crippen LogP) is 4.22. The summed E-state index contributed by atoms with van der Waals surface area (Å²) in [5.41, 5.74) is 3.21. The number of fused-ring (bicyclic) bond motifs is 1. The Morgan fingerprint density at radius 3 is 2.67 bits per heavy atom. The van der Waals surface area contributed by atoms with Crippen LogP contribution in [0.2, 0.25) is 0 Å². The Bertz CT molecular complexity index is 846. The van der Waals surface area contributed by atoms with Gasteiger partial charge in [-0.25, -0.2) is 4.98 Å². The Labute approximate surface area is 142 Å². The Morgan fingerprint density at radius 1 is 1.17 bits per heavy atom. The first kappa shape index (κ1) is 16.1. The Morgan fingerprint density at radius 2 is 1.92 bits per heavy atom. The molecule has 1 amide bonds. The van der Waals surface area contributed by atoms with Crippen LogP contribution in [0.15, 0.2) is 54.9 Å². The summed E-state index contributed by atoms with van der Waals surface area (Å²) in [6.45, 7) is 4.15. The maximum atomic E-state index is 12.8. The molecule has 3 aromatic rings. The third-order valence-corrected chi connectivity index (χ3v) is 4.04. The van der Waals surface area contributed by atoms with E-state index in [4.69, 9.17) is 4.98 Å². The number of amides is 1. The van der Waals surface area contributed by atoms with E-state index in [9.17, 15) is 4.79 Å². The van der Waals surface area contributed by atoms with Crippen molar-refractivity contribution in [1.82, 2.24) is 15.3 Å². The standard InChI is InChI=1S/C20H21N3O/c1-3-6-14(2)22-20(24)17-13-19(15-9-11-21-12-10-15)23-18-8-5-4-7-16(17)18/h4-5,7-14H,3,6H2,1-2H3,(H,22,24)/t14-/m1/s1. The lowest BCUT2D eigenvalue weighted by atomic mass is 10.0. The fraction of sp³-hybridized carbons (Fsp3) is 0.250. The summed E-state index contributed by atoms with van der Waals surface area (Å²) in [5, 5.41) is 3.96. The van der Waals surface area contributed by atoms with Crippen LogP contribution in [-0.4, -0.2) is 21.9 Å². The first-order valence-corrected chi connectivity index (χ1v) is 8.30. The summed E-state index contributed by atoms with van der Waals surface area (Å²) in [5.74, 6) is -0.0511. The predicted molar refractivity (Wildman–Crippen MR) is 96.8 cm³/mol. The quantitative estimate of drug-likeness (QED) is 0.766. The summed E-state index contributed by atoms with van der Waals surface area (Å²) in [7, 11) is 0. The summed E-state index contributed by atoms with van der Waals surface area (Å²) in [6.07, 6.45) is 5.47. The van der Waals surface area contributed by atoms with Crippen LogP contribution in [0.25, 0.3) is 22.2 Å². The molecule has 0 bridgehead atoms. The van der Waals surface area contributed by atoms with E-state index >= 15 is 0 Å².